The van der Waals surface area contributed by atoms with Crippen molar-refractivity contribution < 1.29 is 19.0 Å². The van der Waals surface area contributed by atoms with E-state index in [-0.39, 0.29) is 12.0 Å². The summed E-state index contributed by atoms with van der Waals surface area (Å²) in [4.78, 5) is 21.9. The number of methoxy groups -OCH3 is 2. The number of thiazole rings is 1. The average molecular weight is 401 g/mol. The quantitative estimate of drug-likeness (QED) is 0.619. The molecule has 8 heteroatoms. The zero-order valence-electron chi connectivity index (χ0n) is 16.3. The number of benzene rings is 1. The molecular formula is C20H23N3O4S. The van der Waals surface area contributed by atoms with Crippen LogP contribution in [0.2, 0.25) is 0 Å². The number of nitrogens with zero attached hydrogens (tertiary/aromatic N) is 2. The van der Waals surface area contributed by atoms with E-state index >= 15 is 0 Å². The zero-order chi connectivity index (χ0) is 20.1. The predicted molar refractivity (Wildman–Crippen MR) is 110 cm³/mol. The summed E-state index contributed by atoms with van der Waals surface area (Å²) in [5.74, 6) is 0.458. The summed E-state index contributed by atoms with van der Waals surface area (Å²) in [6.45, 7) is 4.09. The van der Waals surface area contributed by atoms with Crippen molar-refractivity contribution in [2.24, 2.45) is 0 Å². The molecule has 0 aliphatic carbocycles. The second-order valence-corrected chi connectivity index (χ2v) is 7.24. The monoisotopic (exact) mass is 401 g/mol. The van der Waals surface area contributed by atoms with Gasteiger partial charge >= 0.3 is 0 Å². The van der Waals surface area contributed by atoms with Crippen molar-refractivity contribution in [1.82, 2.24) is 9.97 Å². The number of carbonyl (C=O) groups excluding carboxylic acids is 1. The summed E-state index contributed by atoms with van der Waals surface area (Å²) in [6.07, 6.45) is 1.10. The topological polar surface area (TPSA) is 82.6 Å². The third kappa shape index (κ3) is 4.64. The summed E-state index contributed by atoms with van der Waals surface area (Å²) in [6, 6.07) is 7.43. The SMILES string of the molecule is COC[C@@H](C)Oc1cc(-c2cncs2)nc2ccc(NC(=O)[C@H](C)OC)cc12. The van der Waals surface area contributed by atoms with Gasteiger partial charge in [0.05, 0.1) is 28.2 Å². The first-order valence-electron chi connectivity index (χ1n) is 8.84. The maximum absolute atomic E-state index is 12.1. The van der Waals surface area contributed by atoms with Crippen molar-refractivity contribution in [3.63, 3.8) is 0 Å². The molecule has 0 fully saturated rings. The highest BCUT2D eigenvalue weighted by molar-refractivity contribution is 7.13. The first-order chi connectivity index (χ1) is 13.5. The van der Waals surface area contributed by atoms with Gasteiger partial charge in [-0.05, 0) is 32.0 Å². The van der Waals surface area contributed by atoms with Gasteiger partial charge in [-0.15, -0.1) is 11.3 Å². The molecule has 0 aliphatic heterocycles. The van der Waals surface area contributed by atoms with Crippen LogP contribution in [0.4, 0.5) is 5.69 Å². The highest BCUT2D eigenvalue weighted by Gasteiger charge is 2.15. The van der Waals surface area contributed by atoms with E-state index in [2.05, 4.69) is 10.3 Å². The maximum Gasteiger partial charge on any atom is 0.253 e. The number of nitrogens with one attached hydrogen (secondary N) is 1. The van der Waals surface area contributed by atoms with Crippen molar-refractivity contribution in [2.75, 3.05) is 26.1 Å². The van der Waals surface area contributed by atoms with E-state index in [9.17, 15) is 4.79 Å². The fourth-order valence-electron chi connectivity index (χ4n) is 2.68. The molecule has 0 aliphatic rings. The number of ether oxygens (including phenoxy) is 3. The van der Waals surface area contributed by atoms with Crippen LogP contribution in [0.15, 0.2) is 36.0 Å². The van der Waals surface area contributed by atoms with Crippen molar-refractivity contribution in [3.8, 4) is 16.3 Å². The van der Waals surface area contributed by atoms with Gasteiger partial charge in [0.2, 0.25) is 0 Å². The Balaban J connectivity index is 2.02. The highest BCUT2D eigenvalue weighted by atomic mass is 32.1. The number of fused-ring (bicyclic) bond motifs is 1. The van der Waals surface area contributed by atoms with Gasteiger partial charge < -0.3 is 19.5 Å². The minimum atomic E-state index is -0.542. The molecule has 0 spiro atoms. The van der Waals surface area contributed by atoms with E-state index in [1.54, 1.807) is 25.7 Å². The molecule has 3 aromatic rings. The molecular weight excluding hydrogens is 378 g/mol. The van der Waals surface area contributed by atoms with Crippen LogP contribution in [-0.4, -0.2) is 48.9 Å². The van der Waals surface area contributed by atoms with E-state index < -0.39 is 6.10 Å². The Kier molecular flexibility index (Phi) is 6.56. The van der Waals surface area contributed by atoms with Gasteiger partial charge in [0.1, 0.15) is 18.0 Å². The molecule has 0 saturated carbocycles. The van der Waals surface area contributed by atoms with Gasteiger partial charge in [0.15, 0.2) is 0 Å². The lowest BCUT2D eigenvalue weighted by Gasteiger charge is -2.17. The second kappa shape index (κ2) is 9.09. The number of pyridine rings is 1. The van der Waals surface area contributed by atoms with E-state index in [1.807, 2.05) is 31.2 Å². The molecule has 28 heavy (non-hydrogen) atoms. The summed E-state index contributed by atoms with van der Waals surface area (Å²) in [5, 5.41) is 3.66. The Morgan fingerprint density at radius 1 is 1.25 bits per heavy atom. The molecule has 1 aromatic carbocycles. The number of anilines is 1. The van der Waals surface area contributed by atoms with Gasteiger partial charge in [0, 0.05) is 37.6 Å². The van der Waals surface area contributed by atoms with Gasteiger partial charge in [-0.2, -0.15) is 0 Å². The first kappa shape index (κ1) is 20.2. The average Bonchev–Trinajstić information content (AvgIpc) is 3.22. The molecule has 0 saturated heterocycles. The molecule has 1 amide bonds. The molecule has 2 atom stereocenters. The number of amides is 1. The van der Waals surface area contributed by atoms with Crippen LogP contribution < -0.4 is 10.1 Å². The fourth-order valence-corrected chi connectivity index (χ4v) is 3.26. The minimum Gasteiger partial charge on any atom is -0.488 e. The number of carbonyl (C=O) groups is 1. The Morgan fingerprint density at radius 3 is 2.75 bits per heavy atom. The van der Waals surface area contributed by atoms with Crippen LogP contribution in [0, 0.1) is 0 Å². The van der Waals surface area contributed by atoms with Gasteiger partial charge in [0.25, 0.3) is 5.91 Å². The van der Waals surface area contributed by atoms with Crippen LogP contribution in [0.3, 0.4) is 0 Å². The maximum atomic E-state index is 12.1. The van der Waals surface area contributed by atoms with E-state index in [4.69, 9.17) is 19.2 Å². The van der Waals surface area contributed by atoms with Crippen LogP contribution in [0.25, 0.3) is 21.5 Å². The van der Waals surface area contributed by atoms with Crippen molar-refractivity contribution in [3.05, 3.63) is 36.0 Å². The van der Waals surface area contributed by atoms with E-state index in [1.165, 1.54) is 18.4 Å². The lowest BCUT2D eigenvalue weighted by molar-refractivity contribution is -0.124. The van der Waals surface area contributed by atoms with E-state index in [0.717, 1.165) is 21.5 Å². The summed E-state index contributed by atoms with van der Waals surface area (Å²) < 4.78 is 16.4. The first-order valence-corrected chi connectivity index (χ1v) is 9.72. The molecule has 148 valence electrons. The van der Waals surface area contributed by atoms with Gasteiger partial charge in [-0.25, -0.2) is 4.98 Å². The molecule has 2 heterocycles. The smallest absolute Gasteiger partial charge is 0.253 e. The summed E-state index contributed by atoms with van der Waals surface area (Å²) >= 11 is 1.51. The van der Waals surface area contributed by atoms with Crippen molar-refractivity contribution in [2.45, 2.75) is 26.1 Å². The molecule has 0 radical (unpaired) electrons. The Hall–Kier alpha value is -2.55. The summed E-state index contributed by atoms with van der Waals surface area (Å²) in [7, 11) is 3.14. The Labute approximate surface area is 167 Å². The molecule has 0 unspecified atom stereocenters. The lowest BCUT2D eigenvalue weighted by Crippen LogP contribution is -2.26. The van der Waals surface area contributed by atoms with Crippen molar-refractivity contribution >= 4 is 33.8 Å². The normalized spacial score (nSPS) is 13.3. The number of aromatic nitrogens is 2. The lowest BCUT2D eigenvalue weighted by atomic mass is 10.1. The largest absolute Gasteiger partial charge is 0.488 e. The van der Waals surface area contributed by atoms with Crippen molar-refractivity contribution in [1.29, 1.82) is 0 Å². The van der Waals surface area contributed by atoms with E-state index in [0.29, 0.717) is 18.0 Å². The molecule has 2 aromatic heterocycles. The molecule has 0 bridgehead atoms. The minimum absolute atomic E-state index is 0.142. The summed E-state index contributed by atoms with van der Waals surface area (Å²) in [5.41, 5.74) is 3.98. The van der Waals surface area contributed by atoms with Crippen LogP contribution in [0.5, 0.6) is 5.75 Å². The highest BCUT2D eigenvalue weighted by Crippen LogP contribution is 2.33. The Bertz CT molecular complexity index is 946. The standard InChI is InChI=1S/C20H23N3O4S/c1-12(10-25-3)27-18-8-17(19-9-21-11-28-19)23-16-6-5-14(7-15(16)18)22-20(24)13(2)26-4/h5-9,11-13H,10H2,1-4H3,(H,22,24)/t12-,13+/m1/s1. The van der Waals surface area contributed by atoms with Gasteiger partial charge in [-0.1, -0.05) is 0 Å². The third-order valence-corrected chi connectivity index (χ3v) is 4.97. The third-order valence-electron chi connectivity index (χ3n) is 4.18. The number of hydrogen-bond donors (Lipinski definition) is 1. The Morgan fingerprint density at radius 2 is 2.07 bits per heavy atom. The van der Waals surface area contributed by atoms with Crippen LogP contribution in [0.1, 0.15) is 13.8 Å². The zero-order valence-corrected chi connectivity index (χ0v) is 17.1. The molecule has 1 N–H and O–H groups in total. The van der Waals surface area contributed by atoms with Crippen LogP contribution >= 0.6 is 11.3 Å². The number of hydrogen-bond acceptors (Lipinski definition) is 7. The van der Waals surface area contributed by atoms with Gasteiger partial charge in [-0.3, -0.25) is 9.78 Å². The van der Waals surface area contributed by atoms with Crippen LogP contribution in [-0.2, 0) is 14.3 Å². The number of rotatable bonds is 8. The predicted octanol–water partition coefficient (Wildman–Crippen LogP) is 3.75. The second-order valence-electron chi connectivity index (χ2n) is 6.35. The molecule has 3 rings (SSSR count). The molecule has 7 nitrogen and oxygen atoms in total. The fraction of sp³-hybridized carbons (Fsp3) is 0.350.